The lowest BCUT2D eigenvalue weighted by Gasteiger charge is -2.21. The minimum atomic E-state index is -0.621. The highest BCUT2D eigenvalue weighted by Crippen LogP contribution is 2.38. The molecule has 17 heavy (non-hydrogen) atoms. The Kier molecular flexibility index (Phi) is 2.28. The van der Waals surface area contributed by atoms with E-state index in [0.29, 0.717) is 11.8 Å². The fraction of sp³-hybridized carbons (Fsp3) is 0.583. The first-order valence-electron chi connectivity index (χ1n) is 6.06. The fourth-order valence-corrected chi connectivity index (χ4v) is 3.01. The van der Waals surface area contributed by atoms with E-state index in [9.17, 15) is 9.59 Å². The molecule has 5 nitrogen and oxygen atoms in total. The molecule has 0 radical (unpaired) electrons. The van der Waals surface area contributed by atoms with E-state index in [1.165, 1.54) is 6.07 Å². The van der Waals surface area contributed by atoms with Gasteiger partial charge in [-0.15, -0.1) is 0 Å². The van der Waals surface area contributed by atoms with Crippen LogP contribution in [0.4, 0.5) is 0 Å². The number of fused-ring (bicyclic) bond motifs is 2. The van der Waals surface area contributed by atoms with Gasteiger partial charge in [-0.25, -0.2) is 4.98 Å². The summed E-state index contributed by atoms with van der Waals surface area (Å²) in [6.45, 7) is 0.747. The molecule has 1 aromatic rings. The van der Waals surface area contributed by atoms with Gasteiger partial charge in [0.25, 0.3) is 11.5 Å². The summed E-state index contributed by atoms with van der Waals surface area (Å²) in [6, 6.07) is 1.26. The number of rotatable bonds is 1. The lowest BCUT2D eigenvalue weighted by atomic mass is 9.83. The number of amides is 1. The number of aromatic nitrogens is 2. The zero-order valence-electron chi connectivity index (χ0n) is 9.56. The van der Waals surface area contributed by atoms with Crippen molar-refractivity contribution in [3.05, 3.63) is 27.9 Å². The summed E-state index contributed by atoms with van der Waals surface area (Å²) in [5.41, 5.74) is 5.17. The molecule has 4 rings (SSSR count). The van der Waals surface area contributed by atoms with Gasteiger partial charge in [0.05, 0.1) is 0 Å². The van der Waals surface area contributed by atoms with Crippen LogP contribution >= 0.6 is 0 Å². The van der Waals surface area contributed by atoms with Crippen molar-refractivity contribution in [3.63, 3.8) is 0 Å². The first kappa shape index (κ1) is 10.5. The molecule has 0 saturated heterocycles. The highest BCUT2D eigenvalue weighted by molar-refractivity contribution is 5.90. The SMILES string of the molecule is NC(=O)c1cc(=O)n2c(n1)C1CCC(CC1)C2. The van der Waals surface area contributed by atoms with E-state index >= 15 is 0 Å². The summed E-state index contributed by atoms with van der Waals surface area (Å²) < 4.78 is 1.74. The maximum atomic E-state index is 12.0. The first-order valence-corrected chi connectivity index (χ1v) is 6.06. The Morgan fingerprint density at radius 1 is 1.35 bits per heavy atom. The molecule has 0 aromatic carbocycles. The normalized spacial score (nSPS) is 26.4. The quantitative estimate of drug-likeness (QED) is 0.772. The summed E-state index contributed by atoms with van der Waals surface area (Å²) in [4.78, 5) is 27.4. The smallest absolute Gasteiger partial charge is 0.267 e. The van der Waals surface area contributed by atoms with Crippen molar-refractivity contribution >= 4 is 5.91 Å². The molecular formula is C12H15N3O2. The highest BCUT2D eigenvalue weighted by Gasteiger charge is 2.31. The molecule has 0 atom stereocenters. The van der Waals surface area contributed by atoms with Crippen molar-refractivity contribution in [1.29, 1.82) is 0 Å². The molecule has 0 unspecified atom stereocenters. The van der Waals surface area contributed by atoms with Crippen LogP contribution < -0.4 is 11.3 Å². The Bertz CT molecular complexity index is 527. The van der Waals surface area contributed by atoms with E-state index in [-0.39, 0.29) is 11.3 Å². The van der Waals surface area contributed by atoms with Crippen LogP contribution in [-0.2, 0) is 6.54 Å². The topological polar surface area (TPSA) is 78.0 Å². The van der Waals surface area contributed by atoms with Crippen LogP contribution in [0.15, 0.2) is 10.9 Å². The molecule has 1 aromatic heterocycles. The third-order valence-electron chi connectivity index (χ3n) is 3.94. The molecule has 2 aliphatic heterocycles. The predicted octanol–water partition coefficient (Wildman–Crippen LogP) is 0.630. The zero-order valence-corrected chi connectivity index (χ0v) is 9.56. The van der Waals surface area contributed by atoms with Crippen LogP contribution in [0.2, 0.25) is 0 Å². The van der Waals surface area contributed by atoms with E-state index in [2.05, 4.69) is 4.98 Å². The Morgan fingerprint density at radius 3 is 2.71 bits per heavy atom. The Hall–Kier alpha value is -1.65. The van der Waals surface area contributed by atoms with Gasteiger partial charge in [0.15, 0.2) is 0 Å². The second kappa shape index (κ2) is 3.68. The Balaban J connectivity index is 2.19. The monoisotopic (exact) mass is 233 g/mol. The van der Waals surface area contributed by atoms with Gasteiger partial charge in [-0.3, -0.25) is 14.2 Å². The number of nitrogens with two attached hydrogens (primary N) is 1. The van der Waals surface area contributed by atoms with Crippen molar-refractivity contribution in [2.24, 2.45) is 11.7 Å². The van der Waals surface area contributed by atoms with Crippen LogP contribution in [0.25, 0.3) is 0 Å². The summed E-state index contributed by atoms with van der Waals surface area (Å²) in [5.74, 6) is 1.06. The number of hydrogen-bond donors (Lipinski definition) is 1. The van der Waals surface area contributed by atoms with Crippen LogP contribution in [0.1, 0.15) is 47.9 Å². The van der Waals surface area contributed by atoms with E-state index in [1.807, 2.05) is 0 Å². The lowest BCUT2D eigenvalue weighted by Crippen LogP contribution is -2.28. The molecule has 0 spiro atoms. The van der Waals surface area contributed by atoms with Crippen molar-refractivity contribution in [2.75, 3.05) is 0 Å². The van der Waals surface area contributed by atoms with Crippen molar-refractivity contribution in [3.8, 4) is 0 Å². The van der Waals surface area contributed by atoms with Gasteiger partial charge in [0.1, 0.15) is 11.5 Å². The van der Waals surface area contributed by atoms with Gasteiger partial charge in [-0.05, 0) is 31.6 Å². The molecule has 1 fully saturated rings. The molecule has 5 heteroatoms. The van der Waals surface area contributed by atoms with Gasteiger partial charge in [-0.1, -0.05) is 0 Å². The number of primary amides is 1. The van der Waals surface area contributed by atoms with Crippen molar-refractivity contribution in [1.82, 2.24) is 9.55 Å². The third-order valence-corrected chi connectivity index (χ3v) is 3.94. The highest BCUT2D eigenvalue weighted by atomic mass is 16.1. The standard InChI is InChI=1S/C12H15N3O2/c13-11(17)9-5-10(16)15-6-7-1-3-8(4-2-7)12(15)14-9/h5,7-8H,1-4,6H2,(H2,13,17). The van der Waals surface area contributed by atoms with E-state index in [4.69, 9.17) is 5.73 Å². The molecule has 1 saturated carbocycles. The molecule has 1 aliphatic carbocycles. The Labute approximate surface area is 98.7 Å². The number of hydrogen-bond acceptors (Lipinski definition) is 3. The summed E-state index contributed by atoms with van der Waals surface area (Å²) in [6.07, 6.45) is 4.44. The summed E-state index contributed by atoms with van der Waals surface area (Å²) >= 11 is 0. The maximum absolute atomic E-state index is 12.0. The molecule has 90 valence electrons. The minimum Gasteiger partial charge on any atom is -0.364 e. The van der Waals surface area contributed by atoms with Gasteiger partial charge < -0.3 is 5.73 Å². The average Bonchev–Trinajstić information content (AvgIpc) is 2.59. The van der Waals surface area contributed by atoms with Gasteiger partial charge in [-0.2, -0.15) is 0 Å². The van der Waals surface area contributed by atoms with Crippen molar-refractivity contribution < 1.29 is 4.79 Å². The number of carbonyl (C=O) groups excluding carboxylic acids is 1. The minimum absolute atomic E-state index is 0.103. The number of carbonyl (C=O) groups is 1. The lowest BCUT2D eigenvalue weighted by molar-refractivity contribution is 0.0994. The predicted molar refractivity (Wildman–Crippen MR) is 61.7 cm³/mol. The molecule has 2 N–H and O–H groups in total. The molecule has 3 aliphatic rings. The van der Waals surface area contributed by atoms with Crippen LogP contribution in [0.5, 0.6) is 0 Å². The van der Waals surface area contributed by atoms with E-state index in [1.54, 1.807) is 4.57 Å². The van der Waals surface area contributed by atoms with E-state index < -0.39 is 5.91 Å². The second-order valence-corrected chi connectivity index (χ2v) is 5.03. The van der Waals surface area contributed by atoms with Crippen LogP contribution in [0, 0.1) is 5.92 Å². The number of nitrogens with zero attached hydrogens (tertiary/aromatic N) is 2. The summed E-state index contributed by atoms with van der Waals surface area (Å²) in [7, 11) is 0. The van der Waals surface area contributed by atoms with Gasteiger partial charge in [0, 0.05) is 18.5 Å². The molecule has 2 bridgehead atoms. The molecular weight excluding hydrogens is 218 g/mol. The third kappa shape index (κ3) is 1.66. The first-order chi connectivity index (χ1) is 8.15. The fourth-order valence-electron chi connectivity index (χ4n) is 3.01. The largest absolute Gasteiger partial charge is 0.364 e. The molecule has 3 heterocycles. The van der Waals surface area contributed by atoms with Gasteiger partial charge in [0.2, 0.25) is 0 Å². The van der Waals surface area contributed by atoms with Crippen LogP contribution in [-0.4, -0.2) is 15.5 Å². The van der Waals surface area contributed by atoms with Crippen LogP contribution in [0.3, 0.4) is 0 Å². The van der Waals surface area contributed by atoms with E-state index in [0.717, 1.165) is 38.1 Å². The Morgan fingerprint density at radius 2 is 2.06 bits per heavy atom. The second-order valence-electron chi connectivity index (χ2n) is 5.03. The molecule has 1 amide bonds. The average molecular weight is 233 g/mol. The maximum Gasteiger partial charge on any atom is 0.267 e. The van der Waals surface area contributed by atoms with Gasteiger partial charge >= 0.3 is 0 Å². The van der Waals surface area contributed by atoms with Crippen molar-refractivity contribution in [2.45, 2.75) is 38.1 Å². The summed E-state index contributed by atoms with van der Waals surface area (Å²) in [5, 5.41) is 0. The zero-order chi connectivity index (χ0) is 12.0.